The average Bonchev–Trinajstić information content (AvgIpc) is 3.16. The Morgan fingerprint density at radius 3 is 2.05 bits per heavy atom. The van der Waals surface area contributed by atoms with Crippen LogP contribution in [0.1, 0.15) is 0 Å². The molecular weight excluding hydrogens is 421 g/mol. The molecule has 1 fully saturated rings. The summed E-state index contributed by atoms with van der Waals surface area (Å²) in [4.78, 5) is 0. The van der Waals surface area contributed by atoms with Crippen LogP contribution in [0.25, 0.3) is 8.47 Å². The molecule has 0 aliphatic carbocycles. The maximum Gasteiger partial charge on any atom is 0.110 e. The molecule has 1 aromatic rings. The van der Waals surface area contributed by atoms with Crippen molar-refractivity contribution in [3.05, 3.63) is 20.7 Å². The highest BCUT2D eigenvalue weighted by Gasteiger charge is 2.21. The van der Waals surface area contributed by atoms with E-state index in [0.717, 1.165) is 3.82 Å². The standard InChI is InChI=1S/C11H10S9/c1-13-8-9(14-2)20-11(19-8)10-17-5(6(12)18-10)7-15-3-4-16-7/h3-4H2,1-2H3. The smallest absolute Gasteiger partial charge is 0.110 e. The molecule has 2 aliphatic rings. The van der Waals surface area contributed by atoms with E-state index in [-0.39, 0.29) is 0 Å². The summed E-state index contributed by atoms with van der Waals surface area (Å²) in [7, 11) is 0. The van der Waals surface area contributed by atoms with Gasteiger partial charge in [0.2, 0.25) is 0 Å². The molecule has 0 radical (unpaired) electrons. The number of hydrogen-bond donors (Lipinski definition) is 0. The van der Waals surface area contributed by atoms with Gasteiger partial charge in [-0.3, -0.25) is 0 Å². The summed E-state index contributed by atoms with van der Waals surface area (Å²) in [5.41, 5.74) is 0. The Balaban J connectivity index is 2.05. The lowest BCUT2D eigenvalue weighted by molar-refractivity contribution is 1.59. The van der Waals surface area contributed by atoms with Crippen LogP contribution in [0.15, 0.2) is 8.47 Å². The molecular formula is C11H10S9. The third-order valence-corrected chi connectivity index (χ3v) is 14.1. The fourth-order valence-corrected chi connectivity index (χ4v) is 12.8. The highest BCUT2D eigenvalue weighted by molar-refractivity contribution is 8.45. The second kappa shape index (κ2) is 7.61. The summed E-state index contributed by atoms with van der Waals surface area (Å²) in [5, 5.41) is 0. The highest BCUT2D eigenvalue weighted by atomic mass is 32.3. The maximum absolute atomic E-state index is 5.59. The summed E-state index contributed by atoms with van der Waals surface area (Å²) < 4.78 is 9.52. The van der Waals surface area contributed by atoms with Gasteiger partial charge in [-0.2, -0.15) is 0 Å². The molecule has 0 spiro atoms. The van der Waals surface area contributed by atoms with Crippen molar-refractivity contribution in [2.45, 2.75) is 0 Å². The van der Waals surface area contributed by atoms with Gasteiger partial charge in [-0.05, 0) is 12.5 Å². The van der Waals surface area contributed by atoms with Crippen LogP contribution in [0, 0.1) is 3.82 Å². The molecule has 0 nitrogen and oxygen atoms in total. The molecule has 1 saturated heterocycles. The van der Waals surface area contributed by atoms with Gasteiger partial charge in [-0.1, -0.05) is 35.7 Å². The summed E-state index contributed by atoms with van der Waals surface area (Å²) in [6, 6.07) is 0. The molecule has 3 rings (SSSR count). The van der Waals surface area contributed by atoms with Gasteiger partial charge in [0.05, 0.1) is 21.5 Å². The fourth-order valence-electron chi connectivity index (χ4n) is 1.54. The molecule has 0 saturated carbocycles. The summed E-state index contributed by atoms with van der Waals surface area (Å²) in [6.45, 7) is 0. The molecule has 0 aromatic carbocycles. The first-order valence-electron chi connectivity index (χ1n) is 5.55. The van der Waals surface area contributed by atoms with E-state index in [9.17, 15) is 0 Å². The average molecular weight is 431 g/mol. The normalized spacial score (nSPS) is 19.5. The highest BCUT2D eigenvalue weighted by Crippen LogP contribution is 2.56. The predicted octanol–water partition coefficient (Wildman–Crippen LogP) is 5.48. The lowest BCUT2D eigenvalue weighted by Gasteiger charge is -1.94. The van der Waals surface area contributed by atoms with Gasteiger partial charge < -0.3 is 0 Å². The zero-order valence-corrected chi connectivity index (χ0v) is 17.9. The van der Waals surface area contributed by atoms with E-state index >= 15 is 0 Å². The fraction of sp³-hybridized carbons (Fsp3) is 0.364. The third kappa shape index (κ3) is 3.51. The molecule has 0 unspecified atom stereocenters. The summed E-state index contributed by atoms with van der Waals surface area (Å²) >= 11 is 20.7. The van der Waals surface area contributed by atoms with Crippen molar-refractivity contribution < 1.29 is 0 Å². The van der Waals surface area contributed by atoms with Crippen LogP contribution in [0.5, 0.6) is 0 Å². The zero-order valence-electron chi connectivity index (χ0n) is 10.6. The van der Waals surface area contributed by atoms with Crippen molar-refractivity contribution in [2.75, 3.05) is 24.0 Å². The van der Waals surface area contributed by atoms with Gasteiger partial charge in [0.15, 0.2) is 0 Å². The van der Waals surface area contributed by atoms with Crippen molar-refractivity contribution in [2.24, 2.45) is 0 Å². The van der Waals surface area contributed by atoms with Gasteiger partial charge in [0.25, 0.3) is 0 Å². The molecule has 2 aliphatic heterocycles. The number of hydrogen-bond acceptors (Lipinski definition) is 9. The minimum atomic E-state index is 1.07. The van der Waals surface area contributed by atoms with E-state index in [1.54, 1.807) is 11.3 Å². The van der Waals surface area contributed by atoms with Gasteiger partial charge in [0, 0.05) is 11.5 Å². The van der Waals surface area contributed by atoms with Crippen molar-refractivity contribution in [1.29, 1.82) is 0 Å². The maximum atomic E-state index is 5.59. The molecule has 0 N–H and O–H groups in total. The lowest BCUT2D eigenvalue weighted by atomic mass is 10.9. The summed E-state index contributed by atoms with van der Waals surface area (Å²) in [6.07, 6.45) is 4.32. The van der Waals surface area contributed by atoms with Gasteiger partial charge in [0.1, 0.15) is 7.67 Å². The van der Waals surface area contributed by atoms with Gasteiger partial charge >= 0.3 is 0 Å². The van der Waals surface area contributed by atoms with E-state index < -0.39 is 0 Å². The molecule has 3 heterocycles. The van der Waals surface area contributed by atoms with Crippen LogP contribution in [0.4, 0.5) is 0 Å². The Kier molecular flexibility index (Phi) is 6.36. The van der Waals surface area contributed by atoms with Crippen LogP contribution in [0.3, 0.4) is 0 Å². The first kappa shape index (κ1) is 16.7. The Morgan fingerprint density at radius 2 is 1.50 bits per heavy atom. The first-order valence-corrected chi connectivity index (χ1v) is 13.6. The molecule has 108 valence electrons. The Hall–Kier alpha value is 1.85. The molecule has 9 heteroatoms. The van der Waals surface area contributed by atoms with Crippen molar-refractivity contribution >= 4 is 114 Å². The molecule has 0 bridgehead atoms. The number of rotatable bonds is 2. The van der Waals surface area contributed by atoms with Crippen molar-refractivity contribution in [3.63, 3.8) is 0 Å². The molecule has 20 heavy (non-hydrogen) atoms. The van der Waals surface area contributed by atoms with Gasteiger partial charge in [-0.25, -0.2) is 0 Å². The van der Waals surface area contributed by atoms with Crippen molar-refractivity contribution in [1.82, 2.24) is 0 Å². The Morgan fingerprint density at radius 1 is 0.900 bits per heavy atom. The molecule has 0 atom stereocenters. The van der Waals surface area contributed by atoms with Crippen LogP contribution < -0.4 is 8.38 Å². The third-order valence-electron chi connectivity index (χ3n) is 2.38. The minimum Gasteiger partial charge on any atom is -0.121 e. The van der Waals surface area contributed by atoms with Gasteiger partial charge in [-0.15, -0.1) is 69.7 Å². The van der Waals surface area contributed by atoms with Crippen LogP contribution in [0.2, 0.25) is 0 Å². The topological polar surface area (TPSA) is 0 Å². The van der Waals surface area contributed by atoms with Crippen LogP contribution in [-0.2, 0) is 0 Å². The van der Waals surface area contributed by atoms with E-state index in [1.807, 2.05) is 81.9 Å². The van der Waals surface area contributed by atoms with E-state index in [0.29, 0.717) is 0 Å². The van der Waals surface area contributed by atoms with E-state index in [1.165, 1.54) is 36.8 Å². The van der Waals surface area contributed by atoms with Crippen LogP contribution >= 0.6 is 105 Å². The van der Waals surface area contributed by atoms with Crippen LogP contribution in [-0.4, -0.2) is 24.0 Å². The largest absolute Gasteiger partial charge is 0.121 e. The SMILES string of the molecule is CSC1=C(SC)SC(=c2sc(=S)c(=C3SCCS3)s2)S1. The Labute approximate surface area is 157 Å². The zero-order chi connectivity index (χ0) is 14.1. The van der Waals surface area contributed by atoms with E-state index in [2.05, 4.69) is 12.5 Å². The molecule has 1 aromatic heterocycles. The predicted molar refractivity (Wildman–Crippen MR) is 113 cm³/mol. The van der Waals surface area contributed by atoms with E-state index in [4.69, 9.17) is 12.2 Å². The quantitative estimate of drug-likeness (QED) is 0.562. The Bertz CT molecular complexity index is 694. The second-order valence-corrected chi connectivity index (χ2v) is 13.5. The minimum absolute atomic E-state index is 1.07. The van der Waals surface area contributed by atoms with Crippen molar-refractivity contribution in [3.8, 4) is 0 Å². The molecule has 0 amide bonds. The summed E-state index contributed by atoms with van der Waals surface area (Å²) in [5.74, 6) is 2.45. The lowest BCUT2D eigenvalue weighted by Crippen LogP contribution is -1.95. The number of thioether (sulfide) groups is 6. The second-order valence-electron chi connectivity index (χ2n) is 3.57. The monoisotopic (exact) mass is 430 g/mol. The first-order chi connectivity index (χ1) is 9.72.